The fraction of sp³-hybridized carbons (Fsp3) is 0.600. The minimum absolute atomic E-state index is 0.805. The lowest BCUT2D eigenvalue weighted by atomic mass is 9.99. The zero-order valence-electron chi connectivity index (χ0n) is 11.1. The summed E-state index contributed by atoms with van der Waals surface area (Å²) in [7, 11) is 2.21. The van der Waals surface area contributed by atoms with Crippen LogP contribution in [0.5, 0.6) is 0 Å². The van der Waals surface area contributed by atoms with Crippen molar-refractivity contribution in [2.45, 2.75) is 26.2 Å². The molecule has 0 saturated carbocycles. The molecule has 1 N–H and O–H groups in total. The molecule has 1 aromatic carbocycles. The zero-order chi connectivity index (χ0) is 12.1. The van der Waals surface area contributed by atoms with Crippen LogP contribution in [0.15, 0.2) is 24.3 Å². The van der Waals surface area contributed by atoms with Gasteiger partial charge in [-0.3, -0.25) is 0 Å². The van der Waals surface area contributed by atoms with Crippen molar-refractivity contribution >= 4 is 5.69 Å². The molecule has 0 aromatic heterocycles. The number of anilines is 1. The summed E-state index contributed by atoms with van der Waals surface area (Å²) in [6.45, 7) is 5.76. The molecule has 0 bridgehead atoms. The molecule has 0 spiro atoms. The lowest BCUT2D eigenvalue weighted by Crippen LogP contribution is -2.36. The lowest BCUT2D eigenvalue weighted by molar-refractivity contribution is 0.381. The third-order valence-corrected chi connectivity index (χ3v) is 3.69. The molecule has 1 unspecified atom stereocenters. The Labute approximate surface area is 105 Å². The fourth-order valence-corrected chi connectivity index (χ4v) is 2.59. The molecule has 1 heterocycles. The average molecular weight is 232 g/mol. The van der Waals surface area contributed by atoms with Crippen LogP contribution in [0.25, 0.3) is 0 Å². The number of aryl methyl sites for hydroxylation is 1. The van der Waals surface area contributed by atoms with E-state index in [4.69, 9.17) is 0 Å². The van der Waals surface area contributed by atoms with Crippen LogP contribution in [0.3, 0.4) is 0 Å². The largest absolute Gasteiger partial charge is 0.374 e. The van der Waals surface area contributed by atoms with Crippen LogP contribution in [0.2, 0.25) is 0 Å². The molecule has 1 aromatic rings. The van der Waals surface area contributed by atoms with Crippen molar-refractivity contribution in [1.29, 1.82) is 0 Å². The number of hydrogen-bond acceptors (Lipinski definition) is 2. The summed E-state index contributed by atoms with van der Waals surface area (Å²) in [6, 6.07) is 8.91. The first-order valence-electron chi connectivity index (χ1n) is 6.80. The molecule has 0 amide bonds. The lowest BCUT2D eigenvalue weighted by Gasteiger charge is -2.29. The highest BCUT2D eigenvalue weighted by Crippen LogP contribution is 2.18. The molecule has 0 aliphatic carbocycles. The predicted octanol–water partition coefficient (Wildman–Crippen LogP) is 2.68. The van der Waals surface area contributed by atoms with Crippen LogP contribution < -0.4 is 10.2 Å². The fourth-order valence-electron chi connectivity index (χ4n) is 2.59. The molecule has 1 atom stereocenters. The molecule has 17 heavy (non-hydrogen) atoms. The summed E-state index contributed by atoms with van der Waals surface area (Å²) >= 11 is 0. The van der Waals surface area contributed by atoms with Gasteiger partial charge in [-0.2, -0.15) is 0 Å². The van der Waals surface area contributed by atoms with E-state index in [1.165, 1.54) is 43.7 Å². The Kier molecular flexibility index (Phi) is 4.43. The minimum Gasteiger partial charge on any atom is -0.374 e. The quantitative estimate of drug-likeness (QED) is 0.858. The maximum absolute atomic E-state index is 3.49. The third-order valence-electron chi connectivity index (χ3n) is 3.69. The van der Waals surface area contributed by atoms with Crippen molar-refractivity contribution in [2.75, 3.05) is 31.6 Å². The Morgan fingerprint density at radius 2 is 2.29 bits per heavy atom. The summed E-state index contributed by atoms with van der Waals surface area (Å²) in [5.41, 5.74) is 2.78. The van der Waals surface area contributed by atoms with E-state index in [-0.39, 0.29) is 0 Å². The van der Waals surface area contributed by atoms with Gasteiger partial charge in [0.1, 0.15) is 0 Å². The van der Waals surface area contributed by atoms with Gasteiger partial charge < -0.3 is 10.2 Å². The van der Waals surface area contributed by atoms with Crippen LogP contribution in [-0.4, -0.2) is 26.7 Å². The van der Waals surface area contributed by atoms with Gasteiger partial charge in [-0.25, -0.2) is 0 Å². The van der Waals surface area contributed by atoms with Gasteiger partial charge in [0.15, 0.2) is 0 Å². The van der Waals surface area contributed by atoms with Crippen molar-refractivity contribution in [3.05, 3.63) is 29.8 Å². The first kappa shape index (κ1) is 12.4. The molecule has 2 nitrogen and oxygen atoms in total. The van der Waals surface area contributed by atoms with Gasteiger partial charge in [-0.05, 0) is 56.0 Å². The number of nitrogens with one attached hydrogen (secondary N) is 1. The molecule has 1 aliphatic heterocycles. The van der Waals surface area contributed by atoms with E-state index < -0.39 is 0 Å². The van der Waals surface area contributed by atoms with Gasteiger partial charge in [0, 0.05) is 19.3 Å². The van der Waals surface area contributed by atoms with Gasteiger partial charge >= 0.3 is 0 Å². The van der Waals surface area contributed by atoms with Gasteiger partial charge in [0.25, 0.3) is 0 Å². The van der Waals surface area contributed by atoms with E-state index >= 15 is 0 Å². The molecule has 2 rings (SSSR count). The topological polar surface area (TPSA) is 15.3 Å². The molecular formula is C15H24N2. The second-order valence-electron chi connectivity index (χ2n) is 5.12. The summed E-state index contributed by atoms with van der Waals surface area (Å²) in [5.74, 6) is 0.805. The second kappa shape index (κ2) is 6.06. The van der Waals surface area contributed by atoms with E-state index in [2.05, 4.69) is 48.5 Å². The molecular weight excluding hydrogens is 208 g/mol. The number of hydrogen-bond donors (Lipinski definition) is 1. The predicted molar refractivity (Wildman–Crippen MR) is 74.7 cm³/mol. The average Bonchev–Trinajstić information content (AvgIpc) is 2.40. The molecule has 94 valence electrons. The van der Waals surface area contributed by atoms with Gasteiger partial charge in [-0.15, -0.1) is 0 Å². The maximum atomic E-state index is 3.49. The van der Waals surface area contributed by atoms with Crippen molar-refractivity contribution in [3.8, 4) is 0 Å². The second-order valence-corrected chi connectivity index (χ2v) is 5.12. The summed E-state index contributed by atoms with van der Waals surface area (Å²) < 4.78 is 0. The number of rotatable bonds is 4. The minimum atomic E-state index is 0.805. The molecule has 0 radical (unpaired) electrons. The van der Waals surface area contributed by atoms with Crippen LogP contribution >= 0.6 is 0 Å². The maximum Gasteiger partial charge on any atom is 0.0366 e. The third kappa shape index (κ3) is 3.47. The van der Waals surface area contributed by atoms with Gasteiger partial charge in [0.05, 0.1) is 0 Å². The number of nitrogens with zero attached hydrogens (tertiary/aromatic N) is 1. The highest BCUT2D eigenvalue weighted by molar-refractivity contribution is 5.48. The smallest absolute Gasteiger partial charge is 0.0366 e. The highest BCUT2D eigenvalue weighted by atomic mass is 15.1. The van der Waals surface area contributed by atoms with E-state index in [0.29, 0.717) is 0 Å². The Morgan fingerprint density at radius 1 is 1.41 bits per heavy atom. The zero-order valence-corrected chi connectivity index (χ0v) is 11.1. The number of benzene rings is 1. The summed E-state index contributed by atoms with van der Waals surface area (Å²) in [5, 5.41) is 3.49. The Hall–Kier alpha value is -1.02. The first-order chi connectivity index (χ1) is 8.29. The van der Waals surface area contributed by atoms with Crippen molar-refractivity contribution in [1.82, 2.24) is 5.32 Å². The van der Waals surface area contributed by atoms with Crippen molar-refractivity contribution in [3.63, 3.8) is 0 Å². The van der Waals surface area contributed by atoms with E-state index in [1.54, 1.807) is 0 Å². The van der Waals surface area contributed by atoms with E-state index in [9.17, 15) is 0 Å². The Morgan fingerprint density at radius 3 is 3.00 bits per heavy atom. The van der Waals surface area contributed by atoms with Gasteiger partial charge in [-0.1, -0.05) is 19.1 Å². The van der Waals surface area contributed by atoms with E-state index in [0.717, 1.165) is 12.3 Å². The van der Waals surface area contributed by atoms with E-state index in [1.807, 2.05) is 0 Å². The highest BCUT2D eigenvalue weighted by Gasteiger charge is 2.15. The van der Waals surface area contributed by atoms with Crippen molar-refractivity contribution < 1.29 is 0 Å². The molecule has 1 fully saturated rings. The molecule has 1 aliphatic rings. The number of piperidine rings is 1. The first-order valence-corrected chi connectivity index (χ1v) is 6.80. The van der Waals surface area contributed by atoms with Crippen LogP contribution in [0.1, 0.15) is 25.3 Å². The standard InChI is InChI=1S/C15H24N2/c1-3-13-6-4-8-15(10-13)17(2)12-14-7-5-9-16-11-14/h4,6,8,10,14,16H,3,5,7,9,11-12H2,1-2H3. The Bertz CT molecular complexity index is 343. The summed E-state index contributed by atoms with van der Waals surface area (Å²) in [6.07, 6.45) is 3.81. The van der Waals surface area contributed by atoms with Crippen LogP contribution in [0, 0.1) is 5.92 Å². The van der Waals surface area contributed by atoms with Crippen LogP contribution in [-0.2, 0) is 6.42 Å². The summed E-state index contributed by atoms with van der Waals surface area (Å²) in [4.78, 5) is 2.40. The van der Waals surface area contributed by atoms with Crippen LogP contribution in [0.4, 0.5) is 5.69 Å². The monoisotopic (exact) mass is 232 g/mol. The van der Waals surface area contributed by atoms with Gasteiger partial charge in [0.2, 0.25) is 0 Å². The molecule has 2 heteroatoms. The van der Waals surface area contributed by atoms with Crippen molar-refractivity contribution in [2.24, 2.45) is 5.92 Å². The Balaban J connectivity index is 1.95. The molecule has 1 saturated heterocycles. The normalized spacial score (nSPS) is 20.2. The SMILES string of the molecule is CCc1cccc(N(C)CC2CCCNC2)c1.